The number of rotatable bonds is 6. The highest BCUT2D eigenvalue weighted by Gasteiger charge is 2.46. The van der Waals surface area contributed by atoms with E-state index >= 15 is 0 Å². The maximum absolute atomic E-state index is 13.2. The van der Waals surface area contributed by atoms with Gasteiger partial charge >= 0.3 is 0 Å². The van der Waals surface area contributed by atoms with Crippen molar-refractivity contribution in [3.8, 4) is 5.75 Å². The van der Waals surface area contributed by atoms with Gasteiger partial charge in [-0.25, -0.2) is 0 Å². The third-order valence-corrected chi connectivity index (χ3v) is 6.46. The second kappa shape index (κ2) is 9.36. The average molecular weight is 455 g/mol. The van der Waals surface area contributed by atoms with Crippen LogP contribution in [0.15, 0.2) is 29.8 Å². The largest absolute Gasteiger partial charge is 0.507 e. The first-order valence-corrected chi connectivity index (χ1v) is 11.1. The Bertz CT molecular complexity index is 1100. The third-order valence-electron chi connectivity index (χ3n) is 6.46. The number of aromatic nitrogens is 2. The van der Waals surface area contributed by atoms with E-state index in [4.69, 9.17) is 9.47 Å². The van der Waals surface area contributed by atoms with Gasteiger partial charge < -0.3 is 19.5 Å². The molecule has 2 fully saturated rings. The molecule has 0 bridgehead atoms. The minimum absolute atomic E-state index is 0.0782. The molecule has 9 nitrogen and oxygen atoms in total. The maximum Gasteiger partial charge on any atom is 0.295 e. The number of methoxy groups -OCH3 is 1. The van der Waals surface area contributed by atoms with Crippen LogP contribution < -0.4 is 4.74 Å². The van der Waals surface area contributed by atoms with Crippen molar-refractivity contribution in [3.63, 3.8) is 0 Å². The summed E-state index contributed by atoms with van der Waals surface area (Å²) in [7, 11) is 3.34. The molecular formula is C24H30N4O5. The number of carbonyl (C=O) groups excluding carboxylic acids is 2. The summed E-state index contributed by atoms with van der Waals surface area (Å²) in [6.45, 7) is 7.43. The van der Waals surface area contributed by atoms with Crippen molar-refractivity contribution >= 4 is 17.4 Å². The third kappa shape index (κ3) is 4.26. The normalized spacial score (nSPS) is 21.1. The molecule has 0 aliphatic carbocycles. The van der Waals surface area contributed by atoms with E-state index in [0.29, 0.717) is 54.6 Å². The zero-order valence-electron chi connectivity index (χ0n) is 19.5. The Morgan fingerprint density at radius 3 is 2.58 bits per heavy atom. The predicted molar refractivity (Wildman–Crippen MR) is 122 cm³/mol. The van der Waals surface area contributed by atoms with Gasteiger partial charge in [0.15, 0.2) is 0 Å². The number of Topliss-reactive ketones (excluding diaryl/α,β-unsaturated/α-hetero) is 1. The summed E-state index contributed by atoms with van der Waals surface area (Å²) in [5.74, 6) is -0.889. The molecular weight excluding hydrogens is 424 g/mol. The number of aryl methyl sites for hydroxylation is 2. The Balaban J connectivity index is 1.79. The average Bonchev–Trinajstić information content (AvgIpc) is 3.23. The van der Waals surface area contributed by atoms with Crippen molar-refractivity contribution < 1.29 is 24.2 Å². The summed E-state index contributed by atoms with van der Waals surface area (Å²) in [5, 5.41) is 15.7. The van der Waals surface area contributed by atoms with Crippen LogP contribution in [0.1, 0.15) is 28.6 Å². The highest BCUT2D eigenvalue weighted by Crippen LogP contribution is 2.41. The number of carbonyl (C=O) groups is 2. The molecule has 9 heteroatoms. The van der Waals surface area contributed by atoms with Crippen LogP contribution in [0.5, 0.6) is 5.75 Å². The summed E-state index contributed by atoms with van der Waals surface area (Å²) in [5.41, 5.74) is 2.58. The van der Waals surface area contributed by atoms with E-state index in [1.165, 1.54) is 0 Å². The van der Waals surface area contributed by atoms with E-state index in [1.54, 1.807) is 42.8 Å². The zero-order chi connectivity index (χ0) is 23.7. The van der Waals surface area contributed by atoms with Gasteiger partial charge in [-0.3, -0.25) is 19.2 Å². The van der Waals surface area contributed by atoms with E-state index in [1.807, 2.05) is 19.1 Å². The van der Waals surface area contributed by atoms with Crippen molar-refractivity contribution in [1.82, 2.24) is 19.6 Å². The van der Waals surface area contributed by atoms with Gasteiger partial charge in [-0.05, 0) is 31.5 Å². The SMILES string of the molecule is COc1cccc([C@H]2C(=C(O)c3c(C)nn(C)c3C)C(=O)C(=O)N2CCN2CCOCC2)c1. The Labute approximate surface area is 193 Å². The number of ketones is 1. The number of aliphatic hydroxyl groups excluding tert-OH is 1. The van der Waals surface area contributed by atoms with Crippen LogP contribution in [-0.2, 0) is 21.4 Å². The summed E-state index contributed by atoms with van der Waals surface area (Å²) in [6, 6.07) is 6.54. The fraction of sp³-hybridized carbons (Fsp3) is 0.458. The van der Waals surface area contributed by atoms with E-state index in [9.17, 15) is 14.7 Å². The topological polar surface area (TPSA) is 97.1 Å². The summed E-state index contributed by atoms with van der Waals surface area (Å²) >= 11 is 0. The van der Waals surface area contributed by atoms with Gasteiger partial charge in [0.05, 0.1) is 43.2 Å². The number of aliphatic hydroxyl groups is 1. The molecule has 33 heavy (non-hydrogen) atoms. The molecule has 0 saturated carbocycles. The van der Waals surface area contributed by atoms with Gasteiger partial charge in [-0.2, -0.15) is 5.10 Å². The fourth-order valence-corrected chi connectivity index (χ4v) is 4.59. The van der Waals surface area contributed by atoms with Crippen LogP contribution in [-0.4, -0.2) is 82.9 Å². The minimum atomic E-state index is -0.722. The minimum Gasteiger partial charge on any atom is -0.507 e. The van der Waals surface area contributed by atoms with Gasteiger partial charge in [0.2, 0.25) is 0 Å². The van der Waals surface area contributed by atoms with Crippen LogP contribution in [0.25, 0.3) is 5.76 Å². The number of hydrogen-bond donors (Lipinski definition) is 1. The Hall–Kier alpha value is -3.17. The number of morpholine rings is 1. The lowest BCUT2D eigenvalue weighted by Crippen LogP contribution is -2.42. The van der Waals surface area contributed by atoms with Gasteiger partial charge in [-0.15, -0.1) is 0 Å². The molecule has 4 rings (SSSR count). The van der Waals surface area contributed by atoms with E-state index in [2.05, 4.69) is 10.00 Å². The molecule has 2 saturated heterocycles. The van der Waals surface area contributed by atoms with E-state index in [0.717, 1.165) is 13.1 Å². The molecule has 0 spiro atoms. The van der Waals surface area contributed by atoms with Crippen molar-refractivity contribution in [2.45, 2.75) is 19.9 Å². The van der Waals surface area contributed by atoms with Crippen LogP contribution in [0.4, 0.5) is 0 Å². The van der Waals surface area contributed by atoms with Crippen LogP contribution in [0, 0.1) is 13.8 Å². The van der Waals surface area contributed by atoms with E-state index < -0.39 is 17.7 Å². The van der Waals surface area contributed by atoms with Gasteiger partial charge in [0.25, 0.3) is 11.7 Å². The zero-order valence-corrected chi connectivity index (χ0v) is 19.5. The van der Waals surface area contributed by atoms with Crippen LogP contribution in [0.3, 0.4) is 0 Å². The molecule has 0 radical (unpaired) electrons. The van der Waals surface area contributed by atoms with Crippen molar-refractivity contribution in [2.24, 2.45) is 7.05 Å². The molecule has 1 amide bonds. The van der Waals surface area contributed by atoms with Crippen molar-refractivity contribution in [1.29, 1.82) is 0 Å². The fourth-order valence-electron chi connectivity index (χ4n) is 4.59. The highest BCUT2D eigenvalue weighted by molar-refractivity contribution is 6.46. The first-order chi connectivity index (χ1) is 15.8. The number of hydrogen-bond acceptors (Lipinski definition) is 7. The summed E-state index contributed by atoms with van der Waals surface area (Å²) in [6.07, 6.45) is 0. The smallest absolute Gasteiger partial charge is 0.295 e. The maximum atomic E-state index is 13.2. The lowest BCUT2D eigenvalue weighted by Gasteiger charge is -2.31. The van der Waals surface area contributed by atoms with Crippen LogP contribution >= 0.6 is 0 Å². The van der Waals surface area contributed by atoms with Gasteiger partial charge in [0, 0.05) is 38.9 Å². The Morgan fingerprint density at radius 1 is 1.21 bits per heavy atom. The molecule has 3 heterocycles. The Morgan fingerprint density at radius 2 is 1.94 bits per heavy atom. The molecule has 1 aromatic carbocycles. The lowest BCUT2D eigenvalue weighted by atomic mass is 9.94. The lowest BCUT2D eigenvalue weighted by molar-refractivity contribution is -0.140. The highest BCUT2D eigenvalue weighted by atomic mass is 16.5. The molecule has 2 aliphatic heterocycles. The van der Waals surface area contributed by atoms with Crippen molar-refractivity contribution in [2.75, 3.05) is 46.5 Å². The number of likely N-dealkylation sites (tertiary alicyclic amines) is 1. The quantitative estimate of drug-likeness (QED) is 0.404. The summed E-state index contributed by atoms with van der Waals surface area (Å²) < 4.78 is 12.4. The molecule has 176 valence electrons. The standard InChI is InChI=1S/C24H30N4O5/c1-15-19(16(2)26(3)25-15)22(29)20-21(17-6-5-7-18(14-17)32-4)28(24(31)23(20)30)9-8-27-10-12-33-13-11-27/h5-7,14,21,29H,8-13H2,1-4H3/t21-/m0/s1. The molecule has 2 aliphatic rings. The number of benzene rings is 1. The second-order valence-corrected chi connectivity index (χ2v) is 8.39. The first-order valence-electron chi connectivity index (χ1n) is 11.1. The number of amides is 1. The first kappa shape index (κ1) is 23.0. The van der Waals surface area contributed by atoms with Crippen LogP contribution in [0.2, 0.25) is 0 Å². The molecule has 1 atom stereocenters. The molecule has 0 unspecified atom stereocenters. The monoisotopic (exact) mass is 454 g/mol. The number of ether oxygens (including phenoxy) is 2. The van der Waals surface area contributed by atoms with Gasteiger partial charge in [-0.1, -0.05) is 12.1 Å². The van der Waals surface area contributed by atoms with E-state index in [-0.39, 0.29) is 11.3 Å². The van der Waals surface area contributed by atoms with Crippen molar-refractivity contribution in [3.05, 3.63) is 52.4 Å². The second-order valence-electron chi connectivity index (χ2n) is 8.39. The predicted octanol–water partition coefficient (Wildman–Crippen LogP) is 1.80. The molecule has 2 aromatic rings. The summed E-state index contributed by atoms with van der Waals surface area (Å²) in [4.78, 5) is 30.2. The number of nitrogens with zero attached hydrogens (tertiary/aromatic N) is 4. The van der Waals surface area contributed by atoms with Gasteiger partial charge in [0.1, 0.15) is 11.5 Å². The Kier molecular flexibility index (Phi) is 6.53. The molecule has 1 N–H and O–H groups in total. The molecule has 1 aromatic heterocycles.